The van der Waals surface area contributed by atoms with Crippen molar-refractivity contribution in [2.45, 2.75) is 38.3 Å². The van der Waals surface area contributed by atoms with Gasteiger partial charge in [0.1, 0.15) is 17.1 Å². The summed E-state index contributed by atoms with van der Waals surface area (Å²) < 4.78 is 5.90. The SMILES string of the molecule is Nc1nc(Cl)cc(NCc2ccnc(OC3CCCC3)c2)n1. The fraction of sp³-hybridized carbons (Fsp3) is 0.400. The maximum atomic E-state index is 5.90. The summed E-state index contributed by atoms with van der Waals surface area (Å²) in [6.07, 6.45) is 6.76. The van der Waals surface area contributed by atoms with Crippen LogP contribution in [0.2, 0.25) is 5.15 Å². The molecule has 2 aromatic heterocycles. The Morgan fingerprint density at radius 2 is 2.09 bits per heavy atom. The van der Waals surface area contributed by atoms with Crippen molar-refractivity contribution in [3.63, 3.8) is 0 Å². The maximum Gasteiger partial charge on any atom is 0.223 e. The third-order valence-corrected chi connectivity index (χ3v) is 3.77. The van der Waals surface area contributed by atoms with Gasteiger partial charge in [0.25, 0.3) is 0 Å². The summed E-state index contributed by atoms with van der Waals surface area (Å²) in [5.41, 5.74) is 6.62. The Bertz CT molecular complexity index is 625. The predicted octanol–water partition coefficient (Wildman–Crippen LogP) is 3.04. The van der Waals surface area contributed by atoms with Crippen molar-refractivity contribution < 1.29 is 4.74 Å². The minimum absolute atomic E-state index is 0.148. The molecule has 22 heavy (non-hydrogen) atoms. The van der Waals surface area contributed by atoms with Crippen LogP contribution < -0.4 is 15.8 Å². The predicted molar refractivity (Wildman–Crippen MR) is 85.9 cm³/mol. The molecule has 0 amide bonds. The first-order valence-electron chi connectivity index (χ1n) is 7.34. The highest BCUT2D eigenvalue weighted by Gasteiger charge is 2.17. The van der Waals surface area contributed by atoms with Gasteiger partial charge in [-0.3, -0.25) is 0 Å². The molecule has 0 aliphatic heterocycles. The third-order valence-electron chi connectivity index (χ3n) is 3.57. The molecule has 1 saturated carbocycles. The first kappa shape index (κ1) is 14.8. The minimum atomic E-state index is 0.148. The van der Waals surface area contributed by atoms with Gasteiger partial charge in [0.2, 0.25) is 11.8 Å². The third kappa shape index (κ3) is 3.98. The number of halogens is 1. The molecule has 1 aliphatic rings. The molecule has 116 valence electrons. The lowest BCUT2D eigenvalue weighted by Crippen LogP contribution is -2.12. The molecule has 1 aliphatic carbocycles. The van der Waals surface area contributed by atoms with Gasteiger partial charge >= 0.3 is 0 Å². The molecule has 0 saturated heterocycles. The van der Waals surface area contributed by atoms with Gasteiger partial charge < -0.3 is 15.8 Å². The first-order valence-corrected chi connectivity index (χ1v) is 7.72. The second-order valence-electron chi connectivity index (χ2n) is 5.31. The van der Waals surface area contributed by atoms with Crippen LogP contribution in [-0.2, 0) is 6.54 Å². The van der Waals surface area contributed by atoms with Gasteiger partial charge in [-0.1, -0.05) is 11.6 Å². The van der Waals surface area contributed by atoms with E-state index in [1.54, 1.807) is 12.3 Å². The number of pyridine rings is 1. The zero-order chi connectivity index (χ0) is 15.4. The zero-order valence-electron chi connectivity index (χ0n) is 12.1. The van der Waals surface area contributed by atoms with Crippen LogP contribution in [0.25, 0.3) is 0 Å². The first-order chi connectivity index (χ1) is 10.7. The Morgan fingerprint density at radius 1 is 1.27 bits per heavy atom. The van der Waals surface area contributed by atoms with Crippen LogP contribution in [-0.4, -0.2) is 21.1 Å². The largest absolute Gasteiger partial charge is 0.474 e. The number of nitrogens with one attached hydrogen (secondary N) is 1. The van der Waals surface area contributed by atoms with Crippen LogP contribution in [0, 0.1) is 0 Å². The standard InChI is InChI=1S/C15H18ClN5O/c16-12-8-13(21-15(17)20-12)19-9-10-5-6-18-14(7-10)22-11-3-1-2-4-11/h5-8,11H,1-4,9H2,(H3,17,19,20,21). The Hall–Kier alpha value is -2.08. The van der Waals surface area contributed by atoms with Crippen LogP contribution in [0.3, 0.4) is 0 Å². The van der Waals surface area contributed by atoms with Gasteiger partial charge in [0.15, 0.2) is 0 Å². The highest BCUT2D eigenvalue weighted by Crippen LogP contribution is 2.23. The van der Waals surface area contributed by atoms with Crippen LogP contribution in [0.1, 0.15) is 31.2 Å². The monoisotopic (exact) mass is 319 g/mol. The van der Waals surface area contributed by atoms with Gasteiger partial charge in [-0.2, -0.15) is 4.98 Å². The average Bonchev–Trinajstić information content (AvgIpc) is 2.97. The van der Waals surface area contributed by atoms with E-state index in [2.05, 4.69) is 20.3 Å². The van der Waals surface area contributed by atoms with E-state index in [0.717, 1.165) is 18.4 Å². The lowest BCUT2D eigenvalue weighted by Gasteiger charge is -2.13. The maximum absolute atomic E-state index is 5.90. The number of aromatic nitrogens is 3. The van der Waals surface area contributed by atoms with Crippen molar-refractivity contribution >= 4 is 23.4 Å². The van der Waals surface area contributed by atoms with Gasteiger partial charge in [0.05, 0.1) is 0 Å². The number of hydrogen-bond donors (Lipinski definition) is 2. The van der Waals surface area contributed by atoms with E-state index < -0.39 is 0 Å². The van der Waals surface area contributed by atoms with E-state index in [4.69, 9.17) is 22.1 Å². The molecular weight excluding hydrogens is 302 g/mol. The Labute approximate surface area is 134 Å². The van der Waals surface area contributed by atoms with Crippen molar-refractivity contribution in [3.8, 4) is 5.88 Å². The summed E-state index contributed by atoms with van der Waals surface area (Å²) in [5.74, 6) is 1.41. The second-order valence-corrected chi connectivity index (χ2v) is 5.70. The van der Waals surface area contributed by atoms with E-state index in [0.29, 0.717) is 29.5 Å². The number of nitrogen functional groups attached to an aromatic ring is 1. The van der Waals surface area contributed by atoms with Crippen molar-refractivity contribution in [1.29, 1.82) is 0 Å². The Kier molecular flexibility index (Phi) is 4.58. The molecule has 3 N–H and O–H groups in total. The van der Waals surface area contributed by atoms with Gasteiger partial charge in [-0.25, -0.2) is 9.97 Å². The fourth-order valence-corrected chi connectivity index (χ4v) is 2.71. The molecule has 6 nitrogen and oxygen atoms in total. The molecule has 0 spiro atoms. The van der Waals surface area contributed by atoms with Crippen molar-refractivity contribution in [1.82, 2.24) is 15.0 Å². The molecule has 1 fully saturated rings. The summed E-state index contributed by atoms with van der Waals surface area (Å²) in [6, 6.07) is 5.51. The number of nitrogens with zero attached hydrogens (tertiary/aromatic N) is 3. The molecule has 2 aromatic rings. The summed E-state index contributed by atoms with van der Waals surface area (Å²) in [6.45, 7) is 0.580. The summed E-state index contributed by atoms with van der Waals surface area (Å²) in [5, 5.41) is 3.48. The van der Waals surface area contributed by atoms with E-state index in [9.17, 15) is 0 Å². The Morgan fingerprint density at radius 3 is 2.86 bits per heavy atom. The molecule has 7 heteroatoms. The number of nitrogens with two attached hydrogens (primary N) is 1. The number of hydrogen-bond acceptors (Lipinski definition) is 6. The molecule has 0 aromatic carbocycles. The Balaban J connectivity index is 1.62. The van der Waals surface area contributed by atoms with Gasteiger partial charge in [0, 0.05) is 24.9 Å². The second kappa shape index (κ2) is 6.79. The van der Waals surface area contributed by atoms with E-state index in [1.807, 2.05) is 12.1 Å². The lowest BCUT2D eigenvalue weighted by molar-refractivity contribution is 0.201. The van der Waals surface area contributed by atoms with Crippen molar-refractivity contribution in [2.24, 2.45) is 0 Å². The molecule has 3 rings (SSSR count). The quantitative estimate of drug-likeness (QED) is 0.824. The highest BCUT2D eigenvalue weighted by molar-refractivity contribution is 6.29. The van der Waals surface area contributed by atoms with Crippen LogP contribution in [0.15, 0.2) is 24.4 Å². The normalized spacial score (nSPS) is 15.0. The number of ether oxygens (including phenoxy) is 1. The van der Waals surface area contributed by atoms with E-state index in [-0.39, 0.29) is 5.95 Å². The fourth-order valence-electron chi connectivity index (χ4n) is 2.52. The summed E-state index contributed by atoms with van der Waals surface area (Å²) in [4.78, 5) is 12.2. The smallest absolute Gasteiger partial charge is 0.223 e. The number of anilines is 2. The molecule has 2 heterocycles. The minimum Gasteiger partial charge on any atom is -0.474 e. The van der Waals surface area contributed by atoms with Crippen molar-refractivity contribution in [3.05, 3.63) is 35.1 Å². The topological polar surface area (TPSA) is 86.0 Å². The van der Waals surface area contributed by atoms with Crippen LogP contribution >= 0.6 is 11.6 Å². The summed E-state index contributed by atoms with van der Waals surface area (Å²) >= 11 is 5.85. The zero-order valence-corrected chi connectivity index (χ0v) is 12.9. The molecule has 0 bridgehead atoms. The van der Waals surface area contributed by atoms with E-state index in [1.165, 1.54) is 12.8 Å². The van der Waals surface area contributed by atoms with Crippen LogP contribution in [0.5, 0.6) is 5.88 Å². The molecule has 0 radical (unpaired) electrons. The molecule has 0 atom stereocenters. The highest BCUT2D eigenvalue weighted by atomic mass is 35.5. The van der Waals surface area contributed by atoms with E-state index >= 15 is 0 Å². The summed E-state index contributed by atoms with van der Waals surface area (Å²) in [7, 11) is 0. The lowest BCUT2D eigenvalue weighted by atomic mass is 10.2. The van der Waals surface area contributed by atoms with Crippen molar-refractivity contribution in [2.75, 3.05) is 11.1 Å². The van der Waals surface area contributed by atoms with Gasteiger partial charge in [-0.05, 0) is 37.3 Å². The van der Waals surface area contributed by atoms with Gasteiger partial charge in [-0.15, -0.1) is 0 Å². The number of rotatable bonds is 5. The average molecular weight is 320 g/mol. The molecular formula is C15H18ClN5O. The molecule has 0 unspecified atom stereocenters. The van der Waals surface area contributed by atoms with Crippen LogP contribution in [0.4, 0.5) is 11.8 Å².